The fourth-order valence-electron chi connectivity index (χ4n) is 3.61. The predicted octanol–water partition coefficient (Wildman–Crippen LogP) is 1.06. The van der Waals surface area contributed by atoms with Gasteiger partial charge in [-0.1, -0.05) is 0 Å². The molecule has 1 saturated carbocycles. The average Bonchev–Trinajstić information content (AvgIpc) is 3.32. The third kappa shape index (κ3) is 2.84. The number of anilines is 1. The van der Waals surface area contributed by atoms with Crippen molar-refractivity contribution < 1.29 is 4.79 Å². The number of hydrogen-bond acceptors (Lipinski definition) is 6. The maximum absolute atomic E-state index is 12.2. The molecule has 1 aliphatic carbocycles. The van der Waals surface area contributed by atoms with E-state index in [2.05, 4.69) is 31.3 Å². The summed E-state index contributed by atoms with van der Waals surface area (Å²) in [5, 5.41) is 13.6. The van der Waals surface area contributed by atoms with Crippen LogP contribution in [0.2, 0.25) is 0 Å². The maximum atomic E-state index is 12.2. The minimum absolute atomic E-state index is 0.156. The molecule has 2 radical (unpaired) electrons. The topological polar surface area (TPSA) is 110 Å². The van der Waals surface area contributed by atoms with Crippen LogP contribution in [-0.4, -0.2) is 46.7 Å². The number of nitriles is 1. The summed E-state index contributed by atoms with van der Waals surface area (Å²) in [6, 6.07) is 1.92. The van der Waals surface area contributed by atoms with Crippen molar-refractivity contribution in [1.29, 1.82) is 5.26 Å². The second kappa shape index (κ2) is 6.59. The zero-order valence-electron chi connectivity index (χ0n) is 13.5. The summed E-state index contributed by atoms with van der Waals surface area (Å²) < 4.78 is 5.05. The summed E-state index contributed by atoms with van der Waals surface area (Å²) in [5.41, 5.74) is 8.74. The molecule has 4 rings (SSSR count). The van der Waals surface area contributed by atoms with Crippen molar-refractivity contribution in [3.05, 3.63) is 22.2 Å². The number of Topliss-reactive ketones (excluding diaryl/α,β-unsaturated/α-hetero) is 1. The van der Waals surface area contributed by atoms with Crippen LogP contribution in [-0.2, 0) is 4.79 Å². The molecular weight excluding hydrogens is 423 g/mol. The molecule has 3 heterocycles. The fourth-order valence-corrected chi connectivity index (χ4v) is 6.17. The molecule has 0 saturated heterocycles. The standard InChI is InChI=1S/C17H16N6O.Sn/c1-2-11-8-20-10-21-16(11)13-9-23(22-17(13)19)14(6-7-18)12-4-3-5-15(12)24;/h1-2,9-10,12,14H,3-6H2,(H2,19,22);. The van der Waals surface area contributed by atoms with Gasteiger partial charge in [-0.15, -0.1) is 0 Å². The van der Waals surface area contributed by atoms with E-state index in [1.165, 1.54) is 0 Å². The Balaban J connectivity index is 1.75. The average molecular weight is 439 g/mol. The predicted molar refractivity (Wildman–Crippen MR) is 93.7 cm³/mol. The summed E-state index contributed by atoms with van der Waals surface area (Å²) in [5.74, 6) is 0.436. The second-order valence-corrected chi connectivity index (χ2v) is 9.39. The number of ketones is 1. The van der Waals surface area contributed by atoms with Crippen LogP contribution in [0.4, 0.5) is 5.82 Å². The van der Waals surface area contributed by atoms with Crippen LogP contribution in [0.5, 0.6) is 0 Å². The minimum atomic E-state index is -0.752. The van der Waals surface area contributed by atoms with Crippen LogP contribution in [0.3, 0.4) is 0 Å². The Bertz CT molecular complexity index is 912. The van der Waals surface area contributed by atoms with E-state index in [-0.39, 0.29) is 24.2 Å². The molecule has 2 aliphatic rings. The summed E-state index contributed by atoms with van der Waals surface area (Å²) in [7, 11) is 0. The van der Waals surface area contributed by atoms with E-state index < -0.39 is 21.1 Å². The summed E-state index contributed by atoms with van der Waals surface area (Å²) in [6.07, 6.45) is 8.00. The summed E-state index contributed by atoms with van der Waals surface area (Å²) in [6.45, 7) is 0. The van der Waals surface area contributed by atoms with Gasteiger partial charge in [-0.2, -0.15) is 0 Å². The number of rotatable bonds is 4. The van der Waals surface area contributed by atoms with Crippen LogP contribution in [0.15, 0.2) is 16.6 Å². The molecule has 25 heavy (non-hydrogen) atoms. The summed E-state index contributed by atoms with van der Waals surface area (Å²) in [4.78, 5) is 21.0. The van der Waals surface area contributed by atoms with E-state index in [1.54, 1.807) is 11.0 Å². The normalized spacial score (nSPS) is 19.8. The van der Waals surface area contributed by atoms with Crippen molar-refractivity contribution >= 4 is 42.5 Å². The summed E-state index contributed by atoms with van der Waals surface area (Å²) >= 11 is -0.752. The number of hydrogen-bond donors (Lipinski definition) is 1. The Kier molecular flexibility index (Phi) is 4.29. The monoisotopic (exact) mass is 440 g/mol. The number of nitrogens with two attached hydrogens (primary N) is 1. The van der Waals surface area contributed by atoms with Gasteiger partial charge in [-0.3, -0.25) is 0 Å². The molecule has 2 unspecified atom stereocenters. The zero-order valence-corrected chi connectivity index (χ0v) is 16.4. The molecule has 124 valence electrons. The molecule has 1 aliphatic heterocycles. The van der Waals surface area contributed by atoms with E-state index >= 15 is 0 Å². The molecule has 0 amide bonds. The van der Waals surface area contributed by atoms with E-state index in [0.717, 1.165) is 33.4 Å². The van der Waals surface area contributed by atoms with Gasteiger partial charge in [0.15, 0.2) is 0 Å². The number of nitrogens with zero attached hydrogens (tertiary/aromatic N) is 5. The van der Waals surface area contributed by atoms with Gasteiger partial charge in [0.2, 0.25) is 0 Å². The van der Waals surface area contributed by atoms with Crippen LogP contribution in [0.25, 0.3) is 17.3 Å². The molecule has 2 atom stereocenters. The Morgan fingerprint density at radius 3 is 3.12 bits per heavy atom. The molecule has 1 fully saturated rings. The molecule has 2 aromatic heterocycles. The first-order valence-corrected chi connectivity index (χ1v) is 11.3. The van der Waals surface area contributed by atoms with Crippen LogP contribution in [0, 0.1) is 17.2 Å². The number of nitrogen functional groups attached to an aromatic ring is 1. The SMILES string of the molecule is N#CCC(C1CCCC1=O)n1cc(-c2ncn[c]3c2C=[CH][Sn]3)c(N)n1. The van der Waals surface area contributed by atoms with Gasteiger partial charge in [-0.25, -0.2) is 0 Å². The van der Waals surface area contributed by atoms with Gasteiger partial charge in [0.1, 0.15) is 0 Å². The number of carbonyl (C=O) groups is 1. The van der Waals surface area contributed by atoms with E-state index in [4.69, 9.17) is 5.73 Å². The molecule has 8 heteroatoms. The van der Waals surface area contributed by atoms with Crippen LogP contribution in [0.1, 0.15) is 37.3 Å². The third-order valence-corrected chi connectivity index (χ3v) is 7.70. The first-order chi connectivity index (χ1) is 12.2. The number of carbonyl (C=O) groups excluding carboxylic acids is 1. The van der Waals surface area contributed by atoms with Crippen molar-refractivity contribution in [1.82, 2.24) is 19.7 Å². The Labute approximate surface area is 155 Å². The van der Waals surface area contributed by atoms with E-state index in [1.807, 2.05) is 6.20 Å². The van der Waals surface area contributed by atoms with Gasteiger partial charge < -0.3 is 0 Å². The van der Waals surface area contributed by atoms with Crippen molar-refractivity contribution in [3.8, 4) is 17.3 Å². The third-order valence-electron chi connectivity index (χ3n) is 4.83. The van der Waals surface area contributed by atoms with Crippen molar-refractivity contribution in [2.45, 2.75) is 31.7 Å². The van der Waals surface area contributed by atoms with E-state index in [9.17, 15) is 10.1 Å². The van der Waals surface area contributed by atoms with Gasteiger partial charge in [0.25, 0.3) is 0 Å². The van der Waals surface area contributed by atoms with Crippen molar-refractivity contribution in [3.63, 3.8) is 0 Å². The van der Waals surface area contributed by atoms with Crippen LogP contribution < -0.4 is 9.44 Å². The van der Waals surface area contributed by atoms with Crippen LogP contribution >= 0.6 is 0 Å². The molecule has 7 nitrogen and oxygen atoms in total. The number of aromatic nitrogens is 4. The van der Waals surface area contributed by atoms with Gasteiger partial charge in [0, 0.05) is 0 Å². The Morgan fingerprint density at radius 1 is 1.48 bits per heavy atom. The Morgan fingerprint density at radius 2 is 2.36 bits per heavy atom. The Hall–Kier alpha value is -2.21. The molecule has 2 N–H and O–H groups in total. The molecule has 0 bridgehead atoms. The first kappa shape index (κ1) is 16.3. The molecule has 0 spiro atoms. The fraction of sp³-hybridized carbons (Fsp3) is 0.353. The van der Waals surface area contributed by atoms with E-state index in [0.29, 0.717) is 12.2 Å². The molecule has 2 aromatic rings. The van der Waals surface area contributed by atoms with Gasteiger partial charge in [-0.05, 0) is 0 Å². The molecular formula is C17H16N6OSn. The zero-order chi connectivity index (χ0) is 17.4. The van der Waals surface area contributed by atoms with Gasteiger partial charge in [0.05, 0.1) is 0 Å². The molecule has 0 aromatic carbocycles. The van der Waals surface area contributed by atoms with Gasteiger partial charge >= 0.3 is 155 Å². The van der Waals surface area contributed by atoms with Crippen molar-refractivity contribution in [2.75, 3.05) is 5.73 Å². The second-order valence-electron chi connectivity index (χ2n) is 6.26. The number of fused-ring (bicyclic) bond motifs is 1. The quantitative estimate of drug-likeness (QED) is 0.714. The first-order valence-electron chi connectivity index (χ1n) is 8.21. The van der Waals surface area contributed by atoms with Crippen molar-refractivity contribution in [2.24, 2.45) is 5.92 Å².